The number of likely N-dealkylation sites (tertiary alicyclic amines) is 1. The lowest BCUT2D eigenvalue weighted by molar-refractivity contribution is 0.0963. The SMILES string of the molecule is CCOC(=O)N1CCC(NC(N)=NCCOc2ccccc2C)CC1. The van der Waals surface area contributed by atoms with Gasteiger partial charge in [-0.3, -0.25) is 0 Å². The van der Waals surface area contributed by atoms with Gasteiger partial charge in [-0.05, 0) is 38.3 Å². The average molecular weight is 348 g/mol. The molecule has 3 N–H and O–H groups in total. The minimum absolute atomic E-state index is 0.228. The van der Waals surface area contributed by atoms with Crippen molar-refractivity contribution in [3.63, 3.8) is 0 Å². The van der Waals surface area contributed by atoms with E-state index in [-0.39, 0.29) is 12.1 Å². The number of carbonyl (C=O) groups is 1. The molecule has 1 heterocycles. The first-order valence-electron chi connectivity index (χ1n) is 8.76. The fraction of sp³-hybridized carbons (Fsp3) is 0.556. The highest BCUT2D eigenvalue weighted by Crippen LogP contribution is 2.15. The summed E-state index contributed by atoms with van der Waals surface area (Å²) in [6.45, 7) is 6.54. The van der Waals surface area contributed by atoms with Gasteiger partial charge >= 0.3 is 6.09 Å². The number of hydrogen-bond donors (Lipinski definition) is 2. The largest absolute Gasteiger partial charge is 0.491 e. The molecule has 1 saturated heterocycles. The molecule has 1 fully saturated rings. The average Bonchev–Trinajstić information content (AvgIpc) is 2.61. The van der Waals surface area contributed by atoms with Crippen molar-refractivity contribution in [1.82, 2.24) is 10.2 Å². The van der Waals surface area contributed by atoms with Crippen LogP contribution in [0.2, 0.25) is 0 Å². The molecule has 0 saturated carbocycles. The van der Waals surface area contributed by atoms with Gasteiger partial charge in [0.2, 0.25) is 0 Å². The lowest BCUT2D eigenvalue weighted by Gasteiger charge is -2.31. The van der Waals surface area contributed by atoms with Crippen LogP contribution in [0.1, 0.15) is 25.3 Å². The van der Waals surface area contributed by atoms with Crippen molar-refractivity contribution in [2.75, 3.05) is 32.8 Å². The van der Waals surface area contributed by atoms with Crippen molar-refractivity contribution in [2.24, 2.45) is 10.7 Å². The van der Waals surface area contributed by atoms with E-state index in [1.165, 1.54) is 0 Å². The third-order valence-electron chi connectivity index (χ3n) is 4.10. The van der Waals surface area contributed by atoms with Gasteiger partial charge in [0.05, 0.1) is 13.2 Å². The lowest BCUT2D eigenvalue weighted by atomic mass is 10.1. The van der Waals surface area contributed by atoms with Crippen LogP contribution in [-0.4, -0.2) is 55.8 Å². The second kappa shape index (κ2) is 9.76. The molecule has 7 heteroatoms. The van der Waals surface area contributed by atoms with Gasteiger partial charge in [-0.1, -0.05) is 18.2 Å². The van der Waals surface area contributed by atoms with Crippen molar-refractivity contribution in [3.05, 3.63) is 29.8 Å². The number of benzene rings is 1. The maximum atomic E-state index is 11.7. The monoisotopic (exact) mass is 348 g/mol. The second-order valence-corrected chi connectivity index (χ2v) is 5.99. The van der Waals surface area contributed by atoms with Gasteiger partial charge in [-0.25, -0.2) is 9.79 Å². The van der Waals surface area contributed by atoms with E-state index < -0.39 is 0 Å². The van der Waals surface area contributed by atoms with Gasteiger partial charge in [0.1, 0.15) is 12.4 Å². The Bertz CT molecular complexity index is 583. The maximum absolute atomic E-state index is 11.7. The van der Waals surface area contributed by atoms with Crippen LogP contribution in [0, 0.1) is 6.92 Å². The quantitative estimate of drug-likeness (QED) is 0.466. The fourth-order valence-electron chi connectivity index (χ4n) is 2.72. The molecule has 0 aromatic heterocycles. The van der Waals surface area contributed by atoms with E-state index >= 15 is 0 Å². The summed E-state index contributed by atoms with van der Waals surface area (Å²) in [7, 11) is 0. The third-order valence-corrected chi connectivity index (χ3v) is 4.10. The number of para-hydroxylation sites is 1. The lowest BCUT2D eigenvalue weighted by Crippen LogP contribution is -2.48. The number of hydrogen-bond acceptors (Lipinski definition) is 4. The Kier molecular flexibility index (Phi) is 7.37. The summed E-state index contributed by atoms with van der Waals surface area (Å²) >= 11 is 0. The Balaban J connectivity index is 1.66. The highest BCUT2D eigenvalue weighted by atomic mass is 16.6. The van der Waals surface area contributed by atoms with Crippen LogP contribution in [-0.2, 0) is 4.74 Å². The van der Waals surface area contributed by atoms with Gasteiger partial charge in [-0.2, -0.15) is 0 Å². The molecule has 0 radical (unpaired) electrons. The van der Waals surface area contributed by atoms with Gasteiger partial charge in [0.15, 0.2) is 5.96 Å². The summed E-state index contributed by atoms with van der Waals surface area (Å²) in [5, 5.41) is 3.21. The molecule has 1 amide bonds. The van der Waals surface area contributed by atoms with Gasteiger partial charge in [0, 0.05) is 19.1 Å². The van der Waals surface area contributed by atoms with Gasteiger partial charge in [0.25, 0.3) is 0 Å². The highest BCUT2D eigenvalue weighted by molar-refractivity contribution is 5.78. The number of rotatable bonds is 6. The number of nitrogens with one attached hydrogen (secondary N) is 1. The van der Waals surface area contributed by atoms with E-state index in [1.54, 1.807) is 4.90 Å². The summed E-state index contributed by atoms with van der Waals surface area (Å²) in [6.07, 6.45) is 1.42. The number of amides is 1. The molecule has 0 aliphatic carbocycles. The number of guanidine groups is 1. The summed E-state index contributed by atoms with van der Waals surface area (Å²) in [6, 6.07) is 8.11. The van der Waals surface area contributed by atoms with Crippen LogP contribution in [0.25, 0.3) is 0 Å². The predicted octanol–water partition coefficient (Wildman–Crippen LogP) is 1.90. The summed E-state index contributed by atoms with van der Waals surface area (Å²) in [4.78, 5) is 17.7. The Labute approximate surface area is 149 Å². The zero-order valence-electron chi connectivity index (χ0n) is 15.0. The summed E-state index contributed by atoms with van der Waals surface area (Å²) in [5.74, 6) is 1.29. The Hall–Kier alpha value is -2.44. The Morgan fingerprint density at radius 1 is 1.36 bits per heavy atom. The van der Waals surface area contributed by atoms with E-state index in [1.807, 2.05) is 38.1 Å². The van der Waals surface area contributed by atoms with E-state index in [2.05, 4.69) is 10.3 Å². The maximum Gasteiger partial charge on any atom is 0.409 e. The molecule has 1 aromatic carbocycles. The molecule has 7 nitrogen and oxygen atoms in total. The molecule has 0 bridgehead atoms. The fourth-order valence-corrected chi connectivity index (χ4v) is 2.72. The molecular formula is C18H28N4O3. The molecule has 25 heavy (non-hydrogen) atoms. The normalized spacial score (nSPS) is 15.8. The van der Waals surface area contributed by atoms with Gasteiger partial charge < -0.3 is 25.4 Å². The van der Waals surface area contributed by atoms with Crippen molar-refractivity contribution in [3.8, 4) is 5.75 Å². The summed E-state index contributed by atoms with van der Waals surface area (Å²) < 4.78 is 10.7. The smallest absolute Gasteiger partial charge is 0.409 e. The van der Waals surface area contributed by atoms with Crippen LogP contribution in [0.5, 0.6) is 5.75 Å². The predicted molar refractivity (Wildman–Crippen MR) is 97.9 cm³/mol. The zero-order valence-corrected chi connectivity index (χ0v) is 15.0. The number of ether oxygens (including phenoxy) is 2. The number of nitrogens with two attached hydrogens (primary N) is 1. The first-order valence-corrected chi connectivity index (χ1v) is 8.76. The molecule has 1 aliphatic heterocycles. The molecular weight excluding hydrogens is 320 g/mol. The van der Waals surface area contributed by atoms with E-state index in [0.29, 0.717) is 38.8 Å². The molecule has 0 atom stereocenters. The highest BCUT2D eigenvalue weighted by Gasteiger charge is 2.23. The van der Waals surface area contributed by atoms with E-state index in [9.17, 15) is 4.79 Å². The van der Waals surface area contributed by atoms with Crippen LogP contribution in [0.3, 0.4) is 0 Å². The summed E-state index contributed by atoms with van der Waals surface area (Å²) in [5.41, 5.74) is 7.04. The minimum Gasteiger partial charge on any atom is -0.491 e. The number of carbonyl (C=O) groups excluding carboxylic acids is 1. The standard InChI is InChI=1S/C18H28N4O3/c1-3-24-18(23)22-11-8-15(9-12-22)21-17(19)20-10-13-25-16-7-5-4-6-14(16)2/h4-7,15H,3,8-13H2,1-2H3,(H3,19,20,21). The van der Waals surface area contributed by atoms with Crippen molar-refractivity contribution in [1.29, 1.82) is 0 Å². The van der Waals surface area contributed by atoms with Crippen LogP contribution >= 0.6 is 0 Å². The molecule has 2 rings (SSSR count). The Morgan fingerprint density at radius 3 is 2.76 bits per heavy atom. The number of nitrogens with zero attached hydrogens (tertiary/aromatic N) is 2. The molecule has 0 unspecified atom stereocenters. The van der Waals surface area contributed by atoms with E-state index in [4.69, 9.17) is 15.2 Å². The molecule has 1 aliphatic rings. The number of aryl methyl sites for hydroxylation is 1. The number of piperidine rings is 1. The van der Waals surface area contributed by atoms with Crippen molar-refractivity contribution >= 4 is 12.1 Å². The molecule has 1 aromatic rings. The molecule has 138 valence electrons. The topological polar surface area (TPSA) is 89.2 Å². The van der Waals surface area contributed by atoms with Crippen LogP contribution < -0.4 is 15.8 Å². The van der Waals surface area contributed by atoms with Crippen LogP contribution in [0.15, 0.2) is 29.3 Å². The first-order chi connectivity index (χ1) is 12.1. The minimum atomic E-state index is -0.240. The zero-order chi connectivity index (χ0) is 18.1. The Morgan fingerprint density at radius 2 is 2.08 bits per heavy atom. The molecule has 0 spiro atoms. The second-order valence-electron chi connectivity index (χ2n) is 5.99. The van der Waals surface area contributed by atoms with E-state index in [0.717, 1.165) is 24.2 Å². The first kappa shape index (κ1) is 18.9. The van der Waals surface area contributed by atoms with Gasteiger partial charge in [-0.15, -0.1) is 0 Å². The van der Waals surface area contributed by atoms with Crippen LogP contribution in [0.4, 0.5) is 4.79 Å². The van der Waals surface area contributed by atoms with Crippen molar-refractivity contribution < 1.29 is 14.3 Å². The third kappa shape index (κ3) is 6.17. The number of aliphatic imine (C=N–C) groups is 1. The van der Waals surface area contributed by atoms with Crippen molar-refractivity contribution in [2.45, 2.75) is 32.7 Å².